The molecule has 1 aromatic rings. The monoisotopic (exact) mass is 320 g/mol. The van der Waals surface area contributed by atoms with E-state index in [-0.39, 0.29) is 12.4 Å². The quantitative estimate of drug-likeness (QED) is 0.903. The van der Waals surface area contributed by atoms with E-state index in [9.17, 15) is 9.50 Å². The summed E-state index contributed by atoms with van der Waals surface area (Å²) in [4.78, 5) is 5.11. The van der Waals surface area contributed by atoms with Gasteiger partial charge in [0.05, 0.1) is 0 Å². The Morgan fingerprint density at radius 2 is 1.78 bits per heavy atom. The zero-order chi connectivity index (χ0) is 16.1. The minimum absolute atomic E-state index is 0.178. The topological polar surface area (TPSA) is 26.7 Å². The van der Waals surface area contributed by atoms with E-state index in [0.717, 1.165) is 44.2 Å². The molecule has 2 fully saturated rings. The summed E-state index contributed by atoms with van der Waals surface area (Å²) in [5.74, 6) is -0.178. The molecule has 2 aliphatic rings. The second-order valence-corrected chi connectivity index (χ2v) is 7.05. The van der Waals surface area contributed by atoms with E-state index in [0.29, 0.717) is 6.04 Å². The van der Waals surface area contributed by atoms with Gasteiger partial charge in [0.2, 0.25) is 0 Å². The minimum Gasteiger partial charge on any atom is -0.396 e. The third-order valence-corrected chi connectivity index (χ3v) is 5.49. The van der Waals surface area contributed by atoms with Gasteiger partial charge in [-0.3, -0.25) is 9.80 Å². The summed E-state index contributed by atoms with van der Waals surface area (Å²) in [6.07, 6.45) is 7.62. The van der Waals surface area contributed by atoms with E-state index >= 15 is 0 Å². The molecule has 3 rings (SSSR count). The number of hydrogen-bond acceptors (Lipinski definition) is 3. The molecule has 23 heavy (non-hydrogen) atoms. The van der Waals surface area contributed by atoms with Crippen molar-refractivity contribution in [2.45, 2.75) is 57.2 Å². The van der Waals surface area contributed by atoms with Crippen LogP contribution in [0.4, 0.5) is 4.39 Å². The van der Waals surface area contributed by atoms with Gasteiger partial charge in [-0.25, -0.2) is 4.39 Å². The molecular weight excluding hydrogens is 291 g/mol. The van der Waals surface area contributed by atoms with Gasteiger partial charge in [0, 0.05) is 44.9 Å². The fourth-order valence-corrected chi connectivity index (χ4v) is 4.15. The average Bonchev–Trinajstić information content (AvgIpc) is 2.59. The van der Waals surface area contributed by atoms with Crippen molar-refractivity contribution in [1.29, 1.82) is 0 Å². The molecule has 0 bridgehead atoms. The molecule has 1 heterocycles. The number of hydrogen-bond donors (Lipinski definition) is 1. The molecule has 0 aromatic heterocycles. The first kappa shape index (κ1) is 16.9. The maximum atomic E-state index is 13.1. The summed E-state index contributed by atoms with van der Waals surface area (Å²) in [5.41, 5.74) is 1.15. The Hall–Kier alpha value is -0.970. The second-order valence-electron chi connectivity index (χ2n) is 7.05. The molecule has 4 heteroatoms. The number of halogens is 1. The first-order valence-electron chi connectivity index (χ1n) is 9.09. The van der Waals surface area contributed by atoms with Crippen LogP contribution in [0.1, 0.15) is 44.1 Å². The molecule has 1 saturated heterocycles. The van der Waals surface area contributed by atoms with Crippen molar-refractivity contribution in [3.8, 4) is 0 Å². The fourth-order valence-electron chi connectivity index (χ4n) is 4.15. The Morgan fingerprint density at radius 1 is 1.04 bits per heavy atom. The van der Waals surface area contributed by atoms with E-state index in [4.69, 9.17) is 0 Å². The van der Waals surface area contributed by atoms with Gasteiger partial charge < -0.3 is 5.11 Å². The lowest BCUT2D eigenvalue weighted by Crippen LogP contribution is -2.56. The highest BCUT2D eigenvalue weighted by Crippen LogP contribution is 2.26. The lowest BCUT2D eigenvalue weighted by Gasteiger charge is -2.45. The van der Waals surface area contributed by atoms with Crippen molar-refractivity contribution in [3.63, 3.8) is 0 Å². The van der Waals surface area contributed by atoms with Gasteiger partial charge in [-0.1, -0.05) is 31.4 Å². The number of aliphatic hydroxyl groups excluding tert-OH is 1. The number of piperazine rings is 1. The maximum Gasteiger partial charge on any atom is 0.123 e. The van der Waals surface area contributed by atoms with E-state index in [1.807, 2.05) is 12.1 Å². The van der Waals surface area contributed by atoms with Crippen LogP contribution in [0.25, 0.3) is 0 Å². The molecule has 3 nitrogen and oxygen atoms in total. The lowest BCUT2D eigenvalue weighted by atomic mass is 9.93. The maximum absolute atomic E-state index is 13.1. The van der Waals surface area contributed by atoms with E-state index < -0.39 is 0 Å². The SMILES string of the molecule is OCCC1CN(C2CCCCC2)CCN1Cc1ccc(F)cc1. The van der Waals surface area contributed by atoms with Crippen molar-refractivity contribution in [3.05, 3.63) is 35.6 Å². The zero-order valence-electron chi connectivity index (χ0n) is 14.0. The third kappa shape index (κ3) is 4.52. The standard InChI is InChI=1S/C19H29FN2O/c20-17-8-6-16(7-9-17)14-21-11-12-22(15-19(21)10-13-23)18-4-2-1-3-5-18/h6-9,18-19,23H,1-5,10-15H2. The first-order valence-corrected chi connectivity index (χ1v) is 9.09. The summed E-state index contributed by atoms with van der Waals surface area (Å²) in [6, 6.07) is 7.97. The molecule has 0 spiro atoms. The Bertz CT molecular complexity index is 473. The summed E-state index contributed by atoms with van der Waals surface area (Å²) in [7, 11) is 0. The molecule has 0 amide bonds. The molecule has 1 aliphatic heterocycles. The van der Waals surface area contributed by atoms with Crippen LogP contribution in [-0.4, -0.2) is 53.2 Å². The average molecular weight is 320 g/mol. The van der Waals surface area contributed by atoms with Gasteiger partial charge in [0.1, 0.15) is 5.82 Å². The Morgan fingerprint density at radius 3 is 2.48 bits per heavy atom. The highest BCUT2D eigenvalue weighted by atomic mass is 19.1. The molecule has 1 N–H and O–H groups in total. The van der Waals surface area contributed by atoms with Gasteiger partial charge in [-0.2, -0.15) is 0 Å². The van der Waals surface area contributed by atoms with Crippen molar-refractivity contribution in [1.82, 2.24) is 9.80 Å². The molecule has 1 aromatic carbocycles. The van der Waals surface area contributed by atoms with Gasteiger partial charge in [-0.15, -0.1) is 0 Å². The van der Waals surface area contributed by atoms with Crippen LogP contribution in [-0.2, 0) is 6.54 Å². The van der Waals surface area contributed by atoms with Crippen LogP contribution in [0.3, 0.4) is 0 Å². The van der Waals surface area contributed by atoms with Crippen molar-refractivity contribution < 1.29 is 9.50 Å². The van der Waals surface area contributed by atoms with Gasteiger partial charge in [0.25, 0.3) is 0 Å². The summed E-state index contributed by atoms with van der Waals surface area (Å²) in [6.45, 7) is 4.31. The Kier molecular flexibility index (Phi) is 6.03. The van der Waals surface area contributed by atoms with E-state index in [2.05, 4.69) is 9.80 Å². The summed E-state index contributed by atoms with van der Waals surface area (Å²) >= 11 is 0. The number of nitrogens with zero attached hydrogens (tertiary/aromatic N) is 2. The van der Waals surface area contributed by atoms with Gasteiger partial charge in [-0.05, 0) is 37.0 Å². The normalized spacial score (nSPS) is 24.9. The molecule has 1 aliphatic carbocycles. The van der Waals surface area contributed by atoms with Crippen LogP contribution < -0.4 is 0 Å². The predicted molar refractivity (Wildman–Crippen MR) is 90.7 cm³/mol. The lowest BCUT2D eigenvalue weighted by molar-refractivity contribution is 0.0222. The van der Waals surface area contributed by atoms with Crippen LogP contribution >= 0.6 is 0 Å². The predicted octanol–water partition coefficient (Wildman–Crippen LogP) is 3.03. The molecule has 128 valence electrons. The smallest absolute Gasteiger partial charge is 0.123 e. The Labute approximate surface area is 139 Å². The van der Waals surface area contributed by atoms with Crippen LogP contribution in [0.5, 0.6) is 0 Å². The fraction of sp³-hybridized carbons (Fsp3) is 0.684. The molecule has 0 radical (unpaired) electrons. The number of aliphatic hydroxyl groups is 1. The van der Waals surface area contributed by atoms with Gasteiger partial charge in [0.15, 0.2) is 0 Å². The second kappa shape index (κ2) is 8.22. The van der Waals surface area contributed by atoms with Crippen molar-refractivity contribution >= 4 is 0 Å². The van der Waals surface area contributed by atoms with Crippen molar-refractivity contribution in [2.24, 2.45) is 0 Å². The minimum atomic E-state index is -0.178. The molecule has 1 atom stereocenters. The zero-order valence-corrected chi connectivity index (χ0v) is 14.0. The van der Waals surface area contributed by atoms with Crippen LogP contribution in [0.2, 0.25) is 0 Å². The first-order chi connectivity index (χ1) is 11.3. The van der Waals surface area contributed by atoms with Crippen LogP contribution in [0.15, 0.2) is 24.3 Å². The third-order valence-electron chi connectivity index (χ3n) is 5.49. The highest BCUT2D eigenvalue weighted by Gasteiger charge is 2.30. The largest absolute Gasteiger partial charge is 0.396 e. The summed E-state index contributed by atoms with van der Waals surface area (Å²) in [5, 5.41) is 9.44. The molecule has 1 unspecified atom stereocenters. The number of benzene rings is 1. The molecule has 1 saturated carbocycles. The Balaban J connectivity index is 1.61. The van der Waals surface area contributed by atoms with Gasteiger partial charge >= 0.3 is 0 Å². The molecular formula is C19H29FN2O. The van der Waals surface area contributed by atoms with E-state index in [1.165, 1.54) is 44.2 Å². The highest BCUT2D eigenvalue weighted by molar-refractivity contribution is 5.16. The van der Waals surface area contributed by atoms with Crippen molar-refractivity contribution in [2.75, 3.05) is 26.2 Å². The number of rotatable bonds is 5. The van der Waals surface area contributed by atoms with E-state index in [1.54, 1.807) is 0 Å². The summed E-state index contributed by atoms with van der Waals surface area (Å²) < 4.78 is 13.1. The van der Waals surface area contributed by atoms with Crippen LogP contribution in [0, 0.1) is 5.82 Å².